The molecule has 0 radical (unpaired) electrons. The lowest BCUT2D eigenvalue weighted by Gasteiger charge is -2.09. The molecule has 0 aliphatic carbocycles. The summed E-state index contributed by atoms with van der Waals surface area (Å²) >= 11 is 5.81. The van der Waals surface area contributed by atoms with Crippen LogP contribution in [0.2, 0.25) is 5.28 Å². The highest BCUT2D eigenvalue weighted by Crippen LogP contribution is 2.10. The highest BCUT2D eigenvalue weighted by Gasteiger charge is 2.06. The topological polar surface area (TPSA) is 72.0 Å². The van der Waals surface area contributed by atoms with Crippen LogP contribution < -0.4 is 10.6 Å². The van der Waals surface area contributed by atoms with Crippen molar-refractivity contribution in [3.05, 3.63) is 5.28 Å². The van der Waals surface area contributed by atoms with Crippen molar-refractivity contribution < 1.29 is 4.74 Å². The largest absolute Gasteiger partial charge is 0.383 e. The number of ether oxygens (including phenoxy) is 1. The molecule has 1 rings (SSSR count). The molecule has 7 heteroatoms. The van der Waals surface area contributed by atoms with Gasteiger partial charge in [-0.15, -0.1) is 5.92 Å². The first kappa shape index (κ1) is 14.5. The minimum atomic E-state index is -0.0553. The molecule has 0 aromatic carbocycles. The molecule has 18 heavy (non-hydrogen) atoms. The van der Waals surface area contributed by atoms with E-state index in [9.17, 15) is 0 Å². The van der Waals surface area contributed by atoms with E-state index in [0.29, 0.717) is 25.0 Å². The molecule has 0 aliphatic rings. The molecular weight excluding hydrogens is 254 g/mol. The van der Waals surface area contributed by atoms with Gasteiger partial charge in [0, 0.05) is 13.7 Å². The lowest BCUT2D eigenvalue weighted by molar-refractivity contribution is 0.210. The van der Waals surface area contributed by atoms with Gasteiger partial charge in [-0.25, -0.2) is 0 Å². The Morgan fingerprint density at radius 2 is 2.06 bits per heavy atom. The first-order valence-electron chi connectivity index (χ1n) is 5.49. The molecule has 1 aromatic heterocycles. The smallest absolute Gasteiger partial charge is 0.229 e. The van der Waals surface area contributed by atoms with Crippen molar-refractivity contribution >= 4 is 23.5 Å². The van der Waals surface area contributed by atoms with Crippen LogP contribution in [0.5, 0.6) is 0 Å². The number of hydrogen-bond donors (Lipinski definition) is 2. The van der Waals surface area contributed by atoms with Crippen molar-refractivity contribution in [3.63, 3.8) is 0 Å². The van der Waals surface area contributed by atoms with E-state index in [-0.39, 0.29) is 11.3 Å². The predicted molar refractivity (Wildman–Crippen MR) is 71.7 cm³/mol. The maximum atomic E-state index is 5.81. The van der Waals surface area contributed by atoms with Crippen LogP contribution in [-0.4, -0.2) is 41.3 Å². The second-order valence-electron chi connectivity index (χ2n) is 3.43. The van der Waals surface area contributed by atoms with E-state index >= 15 is 0 Å². The molecule has 0 saturated heterocycles. The average Bonchev–Trinajstić information content (AvgIpc) is 2.28. The van der Waals surface area contributed by atoms with Gasteiger partial charge in [0.15, 0.2) is 0 Å². The van der Waals surface area contributed by atoms with Crippen molar-refractivity contribution in [2.75, 3.05) is 30.9 Å². The number of nitrogens with one attached hydrogen (secondary N) is 2. The van der Waals surface area contributed by atoms with Crippen LogP contribution in [0, 0.1) is 11.8 Å². The third kappa shape index (κ3) is 5.17. The third-order valence-electron chi connectivity index (χ3n) is 1.90. The molecule has 0 aliphatic heterocycles. The van der Waals surface area contributed by atoms with Gasteiger partial charge in [0.2, 0.25) is 17.2 Å². The van der Waals surface area contributed by atoms with Gasteiger partial charge in [0.1, 0.15) is 0 Å². The molecule has 0 saturated carbocycles. The Bertz CT molecular complexity index is 443. The lowest BCUT2D eigenvalue weighted by atomic mass is 10.3. The first-order chi connectivity index (χ1) is 8.65. The number of nitrogens with zero attached hydrogens (tertiary/aromatic N) is 3. The van der Waals surface area contributed by atoms with Crippen LogP contribution in [0.3, 0.4) is 0 Å². The summed E-state index contributed by atoms with van der Waals surface area (Å²) in [6.07, 6.45) is 0. The molecule has 0 bridgehead atoms. The van der Waals surface area contributed by atoms with Crippen molar-refractivity contribution in [2.24, 2.45) is 0 Å². The Hall–Kier alpha value is -1.58. The van der Waals surface area contributed by atoms with Crippen molar-refractivity contribution in [3.8, 4) is 11.8 Å². The summed E-state index contributed by atoms with van der Waals surface area (Å²) in [5, 5.41) is 6.14. The quantitative estimate of drug-likeness (QED) is 0.601. The Kier molecular flexibility index (Phi) is 6.19. The van der Waals surface area contributed by atoms with Crippen molar-refractivity contribution in [1.29, 1.82) is 0 Å². The van der Waals surface area contributed by atoms with E-state index in [1.807, 2.05) is 6.92 Å². The molecule has 1 aromatic rings. The number of methoxy groups -OCH3 is 1. The fourth-order valence-electron chi connectivity index (χ4n) is 1.20. The minimum absolute atomic E-state index is 0.0553. The zero-order valence-electron chi connectivity index (χ0n) is 10.6. The Morgan fingerprint density at radius 3 is 2.72 bits per heavy atom. The van der Waals surface area contributed by atoms with E-state index in [4.69, 9.17) is 16.3 Å². The van der Waals surface area contributed by atoms with Crippen molar-refractivity contribution in [2.45, 2.75) is 19.9 Å². The van der Waals surface area contributed by atoms with Gasteiger partial charge in [-0.3, -0.25) is 0 Å². The standard InChI is InChI=1S/C11H16ClN5O/c1-4-5-8(2)14-11-16-9(12)15-10(17-11)13-6-7-18-3/h8H,6-7H2,1-3H3,(H2,13,14,15,16,17). The van der Waals surface area contributed by atoms with Crippen molar-refractivity contribution in [1.82, 2.24) is 15.0 Å². The summed E-state index contributed by atoms with van der Waals surface area (Å²) in [6, 6.07) is -0.0553. The van der Waals surface area contributed by atoms with Crippen LogP contribution in [-0.2, 0) is 4.74 Å². The maximum absolute atomic E-state index is 5.81. The summed E-state index contributed by atoms with van der Waals surface area (Å²) in [4.78, 5) is 12.1. The molecular formula is C11H16ClN5O. The molecule has 1 heterocycles. The number of halogens is 1. The third-order valence-corrected chi connectivity index (χ3v) is 2.07. The van der Waals surface area contributed by atoms with Gasteiger partial charge in [0.25, 0.3) is 0 Å². The zero-order valence-corrected chi connectivity index (χ0v) is 11.4. The summed E-state index contributed by atoms with van der Waals surface area (Å²) in [5.74, 6) is 6.55. The molecule has 1 unspecified atom stereocenters. The average molecular weight is 270 g/mol. The van der Waals surface area contributed by atoms with E-state index in [0.717, 1.165) is 0 Å². The Balaban J connectivity index is 2.70. The SMILES string of the molecule is CC#CC(C)Nc1nc(Cl)nc(NCCOC)n1. The number of hydrogen-bond acceptors (Lipinski definition) is 6. The fourth-order valence-corrected chi connectivity index (χ4v) is 1.36. The van der Waals surface area contributed by atoms with E-state index in [2.05, 4.69) is 37.4 Å². The van der Waals surface area contributed by atoms with Gasteiger partial charge in [0.05, 0.1) is 12.6 Å². The van der Waals surface area contributed by atoms with Crippen LogP contribution in [0.25, 0.3) is 0 Å². The molecule has 0 spiro atoms. The predicted octanol–water partition coefficient (Wildman–Crippen LogP) is 1.41. The van der Waals surface area contributed by atoms with E-state index in [1.165, 1.54) is 0 Å². The van der Waals surface area contributed by atoms with E-state index in [1.54, 1.807) is 14.0 Å². The summed E-state index contributed by atoms with van der Waals surface area (Å²) in [7, 11) is 1.63. The first-order valence-corrected chi connectivity index (χ1v) is 5.86. The maximum Gasteiger partial charge on any atom is 0.229 e. The summed E-state index contributed by atoms with van der Waals surface area (Å²) < 4.78 is 4.92. The molecule has 2 N–H and O–H groups in total. The van der Waals surface area contributed by atoms with Gasteiger partial charge in [-0.05, 0) is 25.4 Å². The normalized spacial score (nSPS) is 11.3. The monoisotopic (exact) mass is 269 g/mol. The van der Waals surface area contributed by atoms with Crippen LogP contribution in [0.4, 0.5) is 11.9 Å². The summed E-state index contributed by atoms with van der Waals surface area (Å²) in [5.41, 5.74) is 0. The summed E-state index contributed by atoms with van der Waals surface area (Å²) in [6.45, 7) is 4.84. The number of anilines is 2. The Labute approximate surface area is 112 Å². The Morgan fingerprint density at radius 1 is 1.33 bits per heavy atom. The lowest BCUT2D eigenvalue weighted by Crippen LogP contribution is -2.17. The second-order valence-corrected chi connectivity index (χ2v) is 3.77. The minimum Gasteiger partial charge on any atom is -0.383 e. The van der Waals surface area contributed by atoms with Crippen LogP contribution in [0.1, 0.15) is 13.8 Å². The molecule has 0 fully saturated rings. The van der Waals surface area contributed by atoms with Crippen LogP contribution >= 0.6 is 11.6 Å². The van der Waals surface area contributed by atoms with Gasteiger partial charge < -0.3 is 15.4 Å². The van der Waals surface area contributed by atoms with E-state index < -0.39 is 0 Å². The molecule has 1 atom stereocenters. The fraction of sp³-hybridized carbons (Fsp3) is 0.545. The highest BCUT2D eigenvalue weighted by molar-refractivity contribution is 6.28. The second kappa shape index (κ2) is 7.69. The van der Waals surface area contributed by atoms with Gasteiger partial charge in [-0.2, -0.15) is 15.0 Å². The van der Waals surface area contributed by atoms with Crippen LogP contribution in [0.15, 0.2) is 0 Å². The molecule has 98 valence electrons. The molecule has 0 amide bonds. The number of rotatable bonds is 6. The van der Waals surface area contributed by atoms with Gasteiger partial charge in [-0.1, -0.05) is 5.92 Å². The zero-order chi connectivity index (χ0) is 13.4. The highest BCUT2D eigenvalue weighted by atomic mass is 35.5. The van der Waals surface area contributed by atoms with Gasteiger partial charge >= 0.3 is 0 Å². The molecule has 6 nitrogen and oxygen atoms in total. The number of aromatic nitrogens is 3.